The Morgan fingerprint density at radius 2 is 1.94 bits per heavy atom. The molecule has 0 aromatic carbocycles. The molecule has 2 fully saturated rings. The molecule has 1 aromatic rings. The molecule has 3 rings (SSSR count). The highest BCUT2D eigenvalue weighted by Gasteiger charge is 2.67. The monoisotopic (exact) mass is 460 g/mol. The van der Waals surface area contributed by atoms with E-state index in [1.165, 1.54) is 0 Å². The number of epoxide rings is 1. The van der Waals surface area contributed by atoms with Crippen LogP contribution in [0.1, 0.15) is 84.8 Å². The summed E-state index contributed by atoms with van der Waals surface area (Å²) in [6.45, 7) is 8.72. The normalized spacial score (nSPS) is 32.7. The van der Waals surface area contributed by atoms with E-state index in [2.05, 4.69) is 24.1 Å². The molecule has 1 N–H and O–H groups in total. The highest BCUT2D eigenvalue weighted by molar-refractivity contribution is 6.33. The number of carbonyl (C=O) groups is 2. The van der Waals surface area contributed by atoms with Crippen LogP contribution in [0.15, 0.2) is 29.4 Å². The molecule has 1 aromatic heterocycles. The Balaban J connectivity index is 1.76. The number of Topliss-reactive ketones (excluding diaryl/α,β-unsaturated/α-hetero) is 1. The summed E-state index contributed by atoms with van der Waals surface area (Å²) in [5.41, 5.74) is -0.646. The van der Waals surface area contributed by atoms with Gasteiger partial charge in [0.2, 0.25) is 5.91 Å². The van der Waals surface area contributed by atoms with Crippen molar-refractivity contribution >= 4 is 29.4 Å². The van der Waals surface area contributed by atoms with E-state index in [1.807, 2.05) is 38.1 Å². The van der Waals surface area contributed by atoms with E-state index in [1.54, 1.807) is 6.20 Å². The summed E-state index contributed by atoms with van der Waals surface area (Å²) in [5.74, 6) is 0.697. The first kappa shape index (κ1) is 24.9. The van der Waals surface area contributed by atoms with Crippen LogP contribution >= 0.6 is 11.6 Å². The van der Waals surface area contributed by atoms with Crippen molar-refractivity contribution in [1.29, 1.82) is 0 Å². The number of rotatable bonds is 2. The van der Waals surface area contributed by atoms with Crippen LogP contribution in [0.5, 0.6) is 0 Å². The number of nitrogens with zero attached hydrogens (tertiary/aromatic N) is 1. The van der Waals surface area contributed by atoms with E-state index in [-0.39, 0.29) is 17.3 Å². The minimum atomic E-state index is -0.602. The van der Waals surface area contributed by atoms with Gasteiger partial charge in [0.25, 0.3) is 0 Å². The van der Waals surface area contributed by atoms with E-state index in [9.17, 15) is 9.59 Å². The predicted molar refractivity (Wildman–Crippen MR) is 128 cm³/mol. The molecule has 2 saturated heterocycles. The molecule has 32 heavy (non-hydrogen) atoms. The molecule has 3 unspecified atom stereocenters. The molecule has 0 radical (unpaired) electrons. The van der Waals surface area contributed by atoms with Gasteiger partial charge in [0.05, 0.1) is 10.7 Å². The summed E-state index contributed by atoms with van der Waals surface area (Å²) in [6, 6.07) is 5.72. The third-order valence-electron chi connectivity index (χ3n) is 7.31. The Morgan fingerprint density at radius 3 is 2.66 bits per heavy atom. The highest BCUT2D eigenvalue weighted by Crippen LogP contribution is 2.59. The number of aromatic nitrogens is 1. The van der Waals surface area contributed by atoms with Crippen LogP contribution in [-0.4, -0.2) is 34.4 Å². The Hall–Kier alpha value is -1.72. The number of halogens is 1. The Bertz CT molecular complexity index is 854. The number of ketones is 1. The van der Waals surface area contributed by atoms with E-state index in [4.69, 9.17) is 16.3 Å². The number of fused-ring (bicyclic) bond motifs is 1. The molecule has 2 aliphatic heterocycles. The summed E-state index contributed by atoms with van der Waals surface area (Å²) in [6.07, 6.45) is 9.55. The summed E-state index contributed by atoms with van der Waals surface area (Å²) in [7, 11) is 0. The van der Waals surface area contributed by atoms with Gasteiger partial charge >= 0.3 is 0 Å². The fourth-order valence-corrected chi connectivity index (χ4v) is 5.18. The van der Waals surface area contributed by atoms with Gasteiger partial charge in [0.1, 0.15) is 17.0 Å². The lowest BCUT2D eigenvalue weighted by molar-refractivity contribution is -0.128. The van der Waals surface area contributed by atoms with Crippen LogP contribution in [-0.2, 0) is 14.3 Å². The van der Waals surface area contributed by atoms with Crippen molar-refractivity contribution in [3.63, 3.8) is 0 Å². The van der Waals surface area contributed by atoms with Crippen LogP contribution in [0.2, 0.25) is 0 Å². The van der Waals surface area contributed by atoms with Crippen molar-refractivity contribution in [2.45, 2.75) is 90.3 Å². The SMILES string of the molecule is CC1CCCC2(C)OC2(C(Cl)=Cc2ccccn2)CCNC(=O)CCC(C)(C)C(=O)CC1. The van der Waals surface area contributed by atoms with E-state index in [0.29, 0.717) is 43.2 Å². The Kier molecular flexibility index (Phi) is 7.82. The number of hydrogen-bond acceptors (Lipinski definition) is 4. The maximum atomic E-state index is 12.7. The lowest BCUT2D eigenvalue weighted by atomic mass is 9.79. The van der Waals surface area contributed by atoms with Crippen molar-refractivity contribution in [3.05, 3.63) is 35.1 Å². The van der Waals surface area contributed by atoms with Gasteiger partial charge in [-0.15, -0.1) is 0 Å². The lowest BCUT2D eigenvalue weighted by Gasteiger charge is -2.24. The van der Waals surface area contributed by atoms with Gasteiger partial charge in [-0.05, 0) is 50.3 Å². The molecule has 3 heterocycles. The topological polar surface area (TPSA) is 71.6 Å². The standard InChI is InChI=1S/C26H37ClN2O3/c1-19-8-7-13-25(4)26(32-25,21(27)18-20-9-5-6-16-28-20)15-17-29-23(31)12-14-24(2,3)22(30)11-10-19/h5-6,9,16,18-19H,7-8,10-15,17H2,1-4H3,(H,29,31). The van der Waals surface area contributed by atoms with E-state index >= 15 is 0 Å². The molecule has 3 atom stereocenters. The Labute approximate surface area is 197 Å². The second-order valence-corrected chi connectivity index (χ2v) is 10.8. The zero-order chi connectivity index (χ0) is 23.4. The molecular formula is C26H37ClN2O3. The zero-order valence-corrected chi connectivity index (χ0v) is 20.6. The molecular weight excluding hydrogens is 424 g/mol. The lowest BCUT2D eigenvalue weighted by Crippen LogP contribution is -2.33. The second-order valence-electron chi connectivity index (χ2n) is 10.3. The summed E-state index contributed by atoms with van der Waals surface area (Å²) in [5, 5.41) is 3.64. The highest BCUT2D eigenvalue weighted by atomic mass is 35.5. The van der Waals surface area contributed by atoms with Crippen molar-refractivity contribution in [2.75, 3.05) is 6.54 Å². The van der Waals surface area contributed by atoms with Gasteiger partial charge in [-0.25, -0.2) is 0 Å². The molecule has 1 amide bonds. The first-order chi connectivity index (χ1) is 15.1. The van der Waals surface area contributed by atoms with Crippen LogP contribution < -0.4 is 5.32 Å². The molecule has 6 heteroatoms. The van der Waals surface area contributed by atoms with Crippen LogP contribution in [0.4, 0.5) is 0 Å². The zero-order valence-electron chi connectivity index (χ0n) is 19.9. The number of nitrogens with one attached hydrogen (secondary N) is 1. The maximum absolute atomic E-state index is 12.7. The van der Waals surface area contributed by atoms with E-state index < -0.39 is 11.0 Å². The Morgan fingerprint density at radius 1 is 1.16 bits per heavy atom. The first-order valence-electron chi connectivity index (χ1n) is 11.9. The minimum absolute atomic E-state index is 0.0336. The molecule has 2 aliphatic rings. The van der Waals surface area contributed by atoms with Crippen LogP contribution in [0.25, 0.3) is 6.08 Å². The van der Waals surface area contributed by atoms with Gasteiger partial charge in [-0.3, -0.25) is 14.6 Å². The average molecular weight is 461 g/mol. The smallest absolute Gasteiger partial charge is 0.220 e. The summed E-state index contributed by atoms with van der Waals surface area (Å²) >= 11 is 6.83. The van der Waals surface area contributed by atoms with Crippen molar-refractivity contribution in [1.82, 2.24) is 10.3 Å². The van der Waals surface area contributed by atoms with Crippen LogP contribution in [0.3, 0.4) is 0 Å². The predicted octanol–water partition coefficient (Wildman–Crippen LogP) is 5.67. The van der Waals surface area contributed by atoms with Crippen molar-refractivity contribution in [2.24, 2.45) is 11.3 Å². The molecule has 0 aliphatic carbocycles. The van der Waals surface area contributed by atoms with Crippen LogP contribution in [0, 0.1) is 11.3 Å². The fourth-order valence-electron chi connectivity index (χ4n) is 4.74. The first-order valence-corrected chi connectivity index (χ1v) is 12.2. The summed E-state index contributed by atoms with van der Waals surface area (Å²) in [4.78, 5) is 29.5. The van der Waals surface area contributed by atoms with Gasteiger partial charge < -0.3 is 10.1 Å². The third-order valence-corrected chi connectivity index (χ3v) is 7.72. The second kappa shape index (κ2) is 10.0. The molecule has 0 saturated carbocycles. The number of carbonyl (C=O) groups excluding carboxylic acids is 2. The number of ether oxygens (including phenoxy) is 1. The largest absolute Gasteiger partial charge is 0.357 e. The maximum Gasteiger partial charge on any atom is 0.220 e. The average Bonchev–Trinajstić information content (AvgIpc) is 3.35. The van der Waals surface area contributed by atoms with Gasteiger partial charge in [-0.1, -0.05) is 51.3 Å². The number of amides is 1. The minimum Gasteiger partial charge on any atom is -0.357 e. The quantitative estimate of drug-likeness (QED) is 0.577. The van der Waals surface area contributed by atoms with Crippen molar-refractivity contribution < 1.29 is 14.3 Å². The van der Waals surface area contributed by atoms with Gasteiger partial charge in [0, 0.05) is 37.4 Å². The summed E-state index contributed by atoms with van der Waals surface area (Å²) < 4.78 is 6.34. The molecule has 5 nitrogen and oxygen atoms in total. The van der Waals surface area contributed by atoms with Gasteiger partial charge in [-0.2, -0.15) is 0 Å². The molecule has 0 spiro atoms. The third kappa shape index (κ3) is 5.79. The van der Waals surface area contributed by atoms with E-state index in [0.717, 1.165) is 31.4 Å². The van der Waals surface area contributed by atoms with Crippen molar-refractivity contribution in [3.8, 4) is 0 Å². The fraction of sp³-hybridized carbons (Fsp3) is 0.654. The molecule has 176 valence electrons. The molecule has 0 bridgehead atoms. The number of pyridine rings is 1. The van der Waals surface area contributed by atoms with Gasteiger partial charge in [0.15, 0.2) is 0 Å². The number of hydrogen-bond donors (Lipinski definition) is 1.